The van der Waals surface area contributed by atoms with Crippen LogP contribution >= 0.6 is 11.3 Å². The first-order valence-corrected chi connectivity index (χ1v) is 8.04. The fourth-order valence-electron chi connectivity index (χ4n) is 2.73. The lowest BCUT2D eigenvalue weighted by Gasteiger charge is -2.01. The van der Waals surface area contributed by atoms with Gasteiger partial charge in [0.25, 0.3) is 0 Å². The van der Waals surface area contributed by atoms with Gasteiger partial charge in [0, 0.05) is 17.4 Å². The van der Waals surface area contributed by atoms with Crippen LogP contribution in [0.25, 0.3) is 0 Å². The van der Waals surface area contributed by atoms with Crippen molar-refractivity contribution >= 4 is 17.1 Å². The van der Waals surface area contributed by atoms with Gasteiger partial charge in [0.15, 0.2) is 5.78 Å². The van der Waals surface area contributed by atoms with E-state index in [0.29, 0.717) is 4.88 Å². The molecule has 0 radical (unpaired) electrons. The first kappa shape index (κ1) is 14.4. The number of rotatable bonds is 3. The zero-order valence-corrected chi connectivity index (χ0v) is 12.4. The van der Waals surface area contributed by atoms with Gasteiger partial charge in [0.2, 0.25) is 0 Å². The number of benzene rings is 1. The van der Waals surface area contributed by atoms with E-state index in [1.54, 1.807) is 0 Å². The highest BCUT2D eigenvalue weighted by Gasteiger charge is 2.18. The summed E-state index contributed by atoms with van der Waals surface area (Å²) in [5.41, 5.74) is 1.53. The smallest absolute Gasteiger partial charge is 0.177 e. The van der Waals surface area contributed by atoms with Crippen molar-refractivity contribution in [3.63, 3.8) is 0 Å². The molecule has 0 unspecified atom stereocenters. The summed E-state index contributed by atoms with van der Waals surface area (Å²) in [5.74, 6) is -1.36. The largest absolute Gasteiger partial charge is 0.293 e. The molecule has 0 spiro atoms. The Hall–Kier alpha value is -1.55. The molecular weight excluding hydrogens is 290 g/mol. The number of carbonyl (C=O) groups is 1. The van der Waals surface area contributed by atoms with Crippen LogP contribution in [0.2, 0.25) is 0 Å². The van der Waals surface area contributed by atoms with Crippen LogP contribution in [0, 0.1) is 11.6 Å². The quantitative estimate of drug-likeness (QED) is 0.592. The van der Waals surface area contributed by atoms with Crippen molar-refractivity contribution in [2.24, 2.45) is 0 Å². The Kier molecular flexibility index (Phi) is 4.15. The second-order valence-corrected chi connectivity index (χ2v) is 6.59. The molecule has 1 heterocycles. The Balaban J connectivity index is 1.79. The van der Waals surface area contributed by atoms with Gasteiger partial charge in [-0.2, -0.15) is 0 Å². The number of carbonyl (C=O) groups excluding carboxylic acids is 1. The monoisotopic (exact) mass is 306 g/mol. The minimum absolute atomic E-state index is 0.00843. The Morgan fingerprint density at radius 2 is 1.90 bits per heavy atom. The van der Waals surface area contributed by atoms with E-state index in [-0.39, 0.29) is 17.8 Å². The van der Waals surface area contributed by atoms with Crippen LogP contribution < -0.4 is 0 Å². The first-order chi connectivity index (χ1) is 10.1. The van der Waals surface area contributed by atoms with Crippen molar-refractivity contribution in [1.82, 2.24) is 0 Å². The van der Waals surface area contributed by atoms with E-state index in [9.17, 15) is 13.6 Å². The number of halogens is 2. The molecule has 1 aromatic carbocycles. The molecule has 1 aliphatic carbocycles. The minimum Gasteiger partial charge on any atom is -0.293 e. The SMILES string of the molecule is O=C(Cc1ccc(F)cc1F)c1cc2c(s1)CCCCC2. The van der Waals surface area contributed by atoms with E-state index in [2.05, 4.69) is 0 Å². The second-order valence-electron chi connectivity index (χ2n) is 5.46. The molecule has 0 saturated heterocycles. The van der Waals surface area contributed by atoms with E-state index >= 15 is 0 Å². The van der Waals surface area contributed by atoms with Crippen molar-refractivity contribution in [2.45, 2.75) is 38.5 Å². The van der Waals surface area contributed by atoms with Crippen molar-refractivity contribution in [3.05, 3.63) is 56.8 Å². The van der Waals surface area contributed by atoms with Crippen LogP contribution in [0.5, 0.6) is 0 Å². The van der Waals surface area contributed by atoms with Crippen LogP contribution in [0.1, 0.15) is 44.9 Å². The van der Waals surface area contributed by atoms with Gasteiger partial charge in [0.1, 0.15) is 11.6 Å². The Labute approximate surface area is 126 Å². The lowest BCUT2D eigenvalue weighted by Crippen LogP contribution is -2.03. The maximum atomic E-state index is 13.6. The van der Waals surface area contributed by atoms with Crippen molar-refractivity contribution in [3.8, 4) is 0 Å². The zero-order chi connectivity index (χ0) is 14.8. The molecule has 1 nitrogen and oxygen atoms in total. The predicted molar refractivity (Wildman–Crippen MR) is 80.0 cm³/mol. The molecule has 0 fully saturated rings. The third kappa shape index (κ3) is 3.21. The van der Waals surface area contributed by atoms with E-state index in [4.69, 9.17) is 0 Å². The number of Topliss-reactive ketones (excluding diaryl/α,β-unsaturated/α-hetero) is 1. The molecule has 1 aliphatic rings. The van der Waals surface area contributed by atoms with E-state index in [1.807, 2.05) is 6.07 Å². The molecule has 110 valence electrons. The van der Waals surface area contributed by atoms with Crippen molar-refractivity contribution < 1.29 is 13.6 Å². The minimum atomic E-state index is -0.651. The summed E-state index contributed by atoms with van der Waals surface area (Å²) in [6.45, 7) is 0. The predicted octanol–water partition coefficient (Wildman–Crippen LogP) is 4.72. The average molecular weight is 306 g/mol. The van der Waals surface area contributed by atoms with E-state index < -0.39 is 11.6 Å². The second kappa shape index (κ2) is 6.06. The molecule has 0 saturated carbocycles. The number of ketones is 1. The maximum Gasteiger partial charge on any atom is 0.177 e. The van der Waals surface area contributed by atoms with Crippen molar-refractivity contribution in [1.29, 1.82) is 0 Å². The lowest BCUT2D eigenvalue weighted by atomic mass is 10.1. The number of hydrogen-bond acceptors (Lipinski definition) is 2. The lowest BCUT2D eigenvalue weighted by molar-refractivity contribution is 0.0995. The van der Waals surface area contributed by atoms with Gasteiger partial charge in [0.05, 0.1) is 4.88 Å². The Morgan fingerprint density at radius 3 is 2.71 bits per heavy atom. The molecule has 21 heavy (non-hydrogen) atoms. The normalized spacial score (nSPS) is 14.6. The summed E-state index contributed by atoms with van der Waals surface area (Å²) in [6, 6.07) is 5.33. The molecule has 3 rings (SSSR count). The first-order valence-electron chi connectivity index (χ1n) is 7.22. The Morgan fingerprint density at radius 1 is 1.10 bits per heavy atom. The van der Waals surface area contributed by atoms with Gasteiger partial charge >= 0.3 is 0 Å². The standard InChI is InChI=1S/C17H16F2OS/c18-13-7-6-11(14(19)10-13)8-15(20)17-9-12-4-2-1-3-5-16(12)21-17/h6-7,9-10H,1-5,8H2. The number of aryl methyl sites for hydroxylation is 2. The summed E-state index contributed by atoms with van der Waals surface area (Å²) in [7, 11) is 0. The highest BCUT2D eigenvalue weighted by atomic mass is 32.1. The molecular formula is C17H16F2OS. The molecule has 0 N–H and O–H groups in total. The third-order valence-corrected chi connectivity index (χ3v) is 5.17. The number of hydrogen-bond donors (Lipinski definition) is 0. The number of thiophene rings is 1. The molecule has 1 aromatic heterocycles. The van der Waals surface area contributed by atoms with Gasteiger partial charge < -0.3 is 0 Å². The molecule has 0 aliphatic heterocycles. The van der Waals surface area contributed by atoms with Gasteiger partial charge in [-0.1, -0.05) is 12.5 Å². The summed E-state index contributed by atoms with van der Waals surface area (Å²) in [5, 5.41) is 0. The van der Waals surface area contributed by atoms with Crippen LogP contribution in [0.3, 0.4) is 0 Å². The topological polar surface area (TPSA) is 17.1 Å². The van der Waals surface area contributed by atoms with Gasteiger partial charge in [-0.3, -0.25) is 4.79 Å². The molecule has 0 atom stereocenters. The highest BCUT2D eigenvalue weighted by Crippen LogP contribution is 2.29. The van der Waals surface area contributed by atoms with E-state index in [0.717, 1.165) is 18.9 Å². The molecule has 4 heteroatoms. The fourth-order valence-corrected chi connectivity index (χ4v) is 3.92. The van der Waals surface area contributed by atoms with Crippen LogP contribution in [-0.4, -0.2) is 5.78 Å². The van der Waals surface area contributed by atoms with Gasteiger partial charge in [-0.15, -0.1) is 11.3 Å². The zero-order valence-electron chi connectivity index (χ0n) is 11.6. The summed E-state index contributed by atoms with van der Waals surface area (Å²) < 4.78 is 26.5. The molecule has 2 aromatic rings. The van der Waals surface area contributed by atoms with Crippen LogP contribution in [-0.2, 0) is 19.3 Å². The van der Waals surface area contributed by atoms with Crippen molar-refractivity contribution in [2.75, 3.05) is 0 Å². The van der Waals surface area contributed by atoms with E-state index in [1.165, 1.54) is 53.2 Å². The highest BCUT2D eigenvalue weighted by molar-refractivity contribution is 7.14. The number of fused-ring (bicyclic) bond motifs is 1. The summed E-state index contributed by atoms with van der Waals surface area (Å²) in [4.78, 5) is 14.3. The summed E-state index contributed by atoms with van der Waals surface area (Å²) >= 11 is 1.54. The van der Waals surface area contributed by atoms with Crippen LogP contribution in [0.15, 0.2) is 24.3 Å². The molecule has 0 amide bonds. The maximum absolute atomic E-state index is 13.6. The van der Waals surface area contributed by atoms with Gasteiger partial charge in [-0.25, -0.2) is 8.78 Å². The fraction of sp³-hybridized carbons (Fsp3) is 0.353. The third-order valence-electron chi connectivity index (χ3n) is 3.89. The van der Waals surface area contributed by atoms with Gasteiger partial charge in [-0.05, 0) is 48.9 Å². The van der Waals surface area contributed by atoms with Crippen LogP contribution in [0.4, 0.5) is 8.78 Å². The Bertz CT molecular complexity index is 652. The summed E-state index contributed by atoms with van der Waals surface area (Å²) in [6.07, 6.45) is 5.65. The average Bonchev–Trinajstić information content (AvgIpc) is 2.73. The molecule has 0 bridgehead atoms.